The lowest BCUT2D eigenvalue weighted by Crippen LogP contribution is -2.45. The van der Waals surface area contributed by atoms with Crippen LogP contribution in [0.15, 0.2) is 0 Å². The highest BCUT2D eigenvalue weighted by atomic mass is 19.4. The van der Waals surface area contributed by atoms with Crippen molar-refractivity contribution in [3.05, 3.63) is 0 Å². The van der Waals surface area contributed by atoms with E-state index >= 15 is 0 Å². The molecule has 0 bridgehead atoms. The van der Waals surface area contributed by atoms with Crippen LogP contribution in [0.3, 0.4) is 0 Å². The van der Waals surface area contributed by atoms with E-state index in [9.17, 15) is 18.0 Å². The normalized spacial score (nSPS) is 30.5. The Morgan fingerprint density at radius 1 is 1.03 bits per heavy atom. The second-order valence-corrected chi connectivity index (χ2v) is 8.60. The van der Waals surface area contributed by atoms with E-state index in [1.54, 1.807) is 0 Å². The first-order valence-electron chi connectivity index (χ1n) is 10.8. The van der Waals surface area contributed by atoms with Gasteiger partial charge in [-0.1, -0.05) is 0 Å². The predicted octanol–water partition coefficient (Wildman–Crippen LogP) is 2.15. The number of rotatable bonds is 3. The van der Waals surface area contributed by atoms with E-state index in [1.165, 1.54) is 32.4 Å². The fourth-order valence-electron chi connectivity index (χ4n) is 4.75. The number of carboxylic acids is 1. The number of fused-ring (bicyclic) bond motifs is 1. The lowest BCUT2D eigenvalue weighted by Gasteiger charge is -2.36. The van der Waals surface area contributed by atoms with E-state index in [0.29, 0.717) is 5.92 Å². The minimum Gasteiger partial charge on any atom is -0.475 e. The van der Waals surface area contributed by atoms with Gasteiger partial charge in [0.25, 0.3) is 5.91 Å². The second kappa shape index (κ2) is 10.3. The lowest BCUT2D eigenvalue weighted by molar-refractivity contribution is -0.192. The van der Waals surface area contributed by atoms with Gasteiger partial charge in [0.05, 0.1) is 6.10 Å². The summed E-state index contributed by atoms with van der Waals surface area (Å²) in [6, 6.07) is 0. The van der Waals surface area contributed by atoms with Crippen molar-refractivity contribution in [2.24, 2.45) is 11.8 Å². The van der Waals surface area contributed by atoms with Crippen LogP contribution in [-0.2, 0) is 19.1 Å². The van der Waals surface area contributed by atoms with Crippen LogP contribution in [0.5, 0.6) is 0 Å². The number of carbonyl (C=O) groups is 2. The predicted molar refractivity (Wildman–Crippen MR) is 101 cm³/mol. The SMILES string of the molecule is O=C(O)C(F)(F)F.O=C([C@@H]1C[C@@H]2CCN(CC3CCOCC3)C[C@@H]2O1)N1CCCC1. The first-order valence-corrected chi connectivity index (χ1v) is 10.8. The van der Waals surface area contributed by atoms with Crippen LogP contribution in [0.4, 0.5) is 13.2 Å². The molecule has 7 nitrogen and oxygen atoms in total. The van der Waals surface area contributed by atoms with Crippen LogP contribution < -0.4 is 0 Å². The standard InChI is InChI=1S/C18H30N2O3.C2HF3O2/c21-18(20-6-1-2-7-20)16-11-15-3-8-19(13-17(15)23-16)12-14-4-9-22-10-5-14;3-2(4,5)1(6)7/h14-17H,1-13H2;(H,6,7)/t15-,16-,17-;/m0./s1. The maximum absolute atomic E-state index is 12.6. The molecule has 0 aromatic heterocycles. The zero-order chi connectivity index (χ0) is 21.7. The largest absolute Gasteiger partial charge is 0.490 e. The zero-order valence-electron chi connectivity index (χ0n) is 17.1. The van der Waals surface area contributed by atoms with Crippen molar-refractivity contribution < 1.29 is 37.3 Å². The lowest BCUT2D eigenvalue weighted by atomic mass is 9.90. The Kier molecular flexibility index (Phi) is 7.98. The molecular formula is C20H31F3N2O5. The molecule has 4 fully saturated rings. The number of carboxylic acid groups (broad SMARTS) is 1. The number of nitrogens with zero attached hydrogens (tertiary/aromatic N) is 2. The Morgan fingerprint density at radius 2 is 1.67 bits per heavy atom. The zero-order valence-corrected chi connectivity index (χ0v) is 17.1. The number of hydrogen-bond donors (Lipinski definition) is 1. The van der Waals surface area contributed by atoms with Gasteiger partial charge >= 0.3 is 12.1 Å². The van der Waals surface area contributed by atoms with Crippen molar-refractivity contribution >= 4 is 11.9 Å². The third kappa shape index (κ3) is 6.31. The average Bonchev–Trinajstić information content (AvgIpc) is 3.38. The highest BCUT2D eigenvalue weighted by molar-refractivity contribution is 5.81. The van der Waals surface area contributed by atoms with Gasteiger partial charge < -0.3 is 24.4 Å². The number of piperidine rings is 1. The summed E-state index contributed by atoms with van der Waals surface area (Å²) in [4.78, 5) is 26.0. The van der Waals surface area contributed by atoms with Gasteiger partial charge in [0.2, 0.25) is 0 Å². The summed E-state index contributed by atoms with van der Waals surface area (Å²) in [7, 11) is 0. The summed E-state index contributed by atoms with van der Waals surface area (Å²) in [6.07, 6.45) is 1.88. The van der Waals surface area contributed by atoms with Crippen LogP contribution in [-0.4, -0.2) is 91.1 Å². The van der Waals surface area contributed by atoms with Crippen molar-refractivity contribution in [2.45, 2.75) is 56.9 Å². The van der Waals surface area contributed by atoms with Crippen molar-refractivity contribution in [2.75, 3.05) is 45.9 Å². The molecule has 1 N–H and O–H groups in total. The molecule has 0 unspecified atom stereocenters. The Hall–Kier alpha value is -1.39. The number of ether oxygens (including phenoxy) is 2. The Morgan fingerprint density at radius 3 is 2.27 bits per heavy atom. The summed E-state index contributed by atoms with van der Waals surface area (Å²) >= 11 is 0. The highest BCUT2D eigenvalue weighted by Crippen LogP contribution is 2.35. The highest BCUT2D eigenvalue weighted by Gasteiger charge is 2.43. The van der Waals surface area contributed by atoms with E-state index in [4.69, 9.17) is 19.4 Å². The first kappa shape index (κ1) is 23.3. The summed E-state index contributed by atoms with van der Waals surface area (Å²) < 4.78 is 43.4. The van der Waals surface area contributed by atoms with Crippen molar-refractivity contribution in [3.8, 4) is 0 Å². The molecule has 0 aromatic rings. The van der Waals surface area contributed by atoms with Crippen LogP contribution in [0.2, 0.25) is 0 Å². The van der Waals surface area contributed by atoms with Crippen LogP contribution >= 0.6 is 0 Å². The Balaban J connectivity index is 0.000000318. The van der Waals surface area contributed by atoms with Crippen LogP contribution in [0.25, 0.3) is 0 Å². The van der Waals surface area contributed by atoms with E-state index in [-0.39, 0.29) is 18.1 Å². The van der Waals surface area contributed by atoms with E-state index < -0.39 is 12.1 Å². The molecule has 3 atom stereocenters. The summed E-state index contributed by atoms with van der Waals surface area (Å²) in [5, 5.41) is 7.12. The molecule has 172 valence electrons. The molecule has 0 saturated carbocycles. The number of halogens is 3. The fourth-order valence-corrected chi connectivity index (χ4v) is 4.75. The number of aliphatic carboxylic acids is 1. The van der Waals surface area contributed by atoms with Crippen molar-refractivity contribution in [1.29, 1.82) is 0 Å². The molecule has 0 radical (unpaired) electrons. The van der Waals surface area contributed by atoms with Crippen molar-refractivity contribution in [1.82, 2.24) is 9.80 Å². The molecule has 30 heavy (non-hydrogen) atoms. The average molecular weight is 436 g/mol. The number of amides is 1. The molecule has 4 saturated heterocycles. The quantitative estimate of drug-likeness (QED) is 0.731. The molecule has 4 heterocycles. The van der Waals surface area contributed by atoms with Gasteiger partial charge in [-0.2, -0.15) is 13.2 Å². The third-order valence-electron chi connectivity index (χ3n) is 6.43. The molecule has 4 rings (SSSR count). The maximum Gasteiger partial charge on any atom is 0.490 e. The number of likely N-dealkylation sites (tertiary alicyclic amines) is 2. The summed E-state index contributed by atoms with van der Waals surface area (Å²) in [5.41, 5.74) is 0. The van der Waals surface area contributed by atoms with Gasteiger partial charge in [-0.3, -0.25) is 4.79 Å². The minimum atomic E-state index is -5.08. The van der Waals surface area contributed by atoms with Gasteiger partial charge in [0.1, 0.15) is 6.10 Å². The van der Waals surface area contributed by atoms with Gasteiger partial charge in [0.15, 0.2) is 0 Å². The molecular weight excluding hydrogens is 405 g/mol. The monoisotopic (exact) mass is 436 g/mol. The van der Waals surface area contributed by atoms with Crippen LogP contribution in [0, 0.1) is 11.8 Å². The Bertz CT molecular complexity index is 591. The smallest absolute Gasteiger partial charge is 0.475 e. The van der Waals surface area contributed by atoms with Crippen molar-refractivity contribution in [3.63, 3.8) is 0 Å². The molecule has 0 aromatic carbocycles. The maximum atomic E-state index is 12.6. The molecule has 1 amide bonds. The molecule has 4 aliphatic rings. The third-order valence-corrected chi connectivity index (χ3v) is 6.43. The molecule has 0 spiro atoms. The van der Waals surface area contributed by atoms with E-state index in [1.807, 2.05) is 4.90 Å². The van der Waals surface area contributed by atoms with E-state index in [0.717, 1.165) is 58.0 Å². The molecule has 0 aliphatic carbocycles. The number of alkyl halides is 3. The van der Waals surface area contributed by atoms with Gasteiger partial charge in [0, 0.05) is 39.4 Å². The number of carbonyl (C=O) groups excluding carboxylic acids is 1. The topological polar surface area (TPSA) is 79.3 Å². The molecule has 10 heteroatoms. The summed E-state index contributed by atoms with van der Waals surface area (Å²) in [5.74, 6) is -1.12. The van der Waals surface area contributed by atoms with Crippen LogP contribution in [0.1, 0.15) is 38.5 Å². The Labute approximate surface area is 174 Å². The number of hydrogen-bond acceptors (Lipinski definition) is 5. The molecule has 4 aliphatic heterocycles. The van der Waals surface area contributed by atoms with Gasteiger partial charge in [-0.15, -0.1) is 0 Å². The van der Waals surface area contributed by atoms with Gasteiger partial charge in [-0.25, -0.2) is 4.79 Å². The first-order chi connectivity index (χ1) is 14.2. The summed E-state index contributed by atoms with van der Waals surface area (Å²) in [6.45, 7) is 7.09. The van der Waals surface area contributed by atoms with Gasteiger partial charge in [-0.05, 0) is 56.9 Å². The minimum absolute atomic E-state index is 0.161. The fraction of sp³-hybridized carbons (Fsp3) is 0.900. The van der Waals surface area contributed by atoms with E-state index in [2.05, 4.69) is 4.90 Å². The second-order valence-electron chi connectivity index (χ2n) is 8.60.